The quantitative estimate of drug-likeness (QED) is 0.698. The zero-order valence-electron chi connectivity index (χ0n) is 10.7. The van der Waals surface area contributed by atoms with E-state index in [0.717, 1.165) is 16.7 Å². The van der Waals surface area contributed by atoms with Crippen molar-refractivity contribution in [3.63, 3.8) is 0 Å². The van der Waals surface area contributed by atoms with Crippen LogP contribution in [0.4, 0.5) is 0 Å². The van der Waals surface area contributed by atoms with Gasteiger partial charge in [-0.05, 0) is 11.8 Å². The predicted octanol–water partition coefficient (Wildman–Crippen LogP) is 2.86. The van der Waals surface area contributed by atoms with Crippen molar-refractivity contribution in [3.8, 4) is 5.88 Å². The van der Waals surface area contributed by atoms with E-state index in [1.807, 2.05) is 31.2 Å². The Balaban J connectivity index is 2.48. The Morgan fingerprint density at radius 2 is 2.26 bits per heavy atom. The molecule has 0 amide bonds. The van der Waals surface area contributed by atoms with E-state index >= 15 is 0 Å². The lowest BCUT2D eigenvalue weighted by molar-refractivity contribution is 0.152. The molecule has 4 nitrogen and oxygen atoms in total. The van der Waals surface area contributed by atoms with Crippen LogP contribution in [0.1, 0.15) is 12.5 Å². The molecule has 6 heteroatoms. The molecule has 0 saturated heterocycles. The Bertz CT molecular complexity index is 635. The van der Waals surface area contributed by atoms with Crippen molar-refractivity contribution in [2.24, 2.45) is 4.99 Å². The summed E-state index contributed by atoms with van der Waals surface area (Å²) in [6.45, 7) is 2.01. The Labute approximate surface area is 121 Å². The summed E-state index contributed by atoms with van der Waals surface area (Å²) in [5.41, 5.74) is 1.40. The zero-order valence-corrected chi connectivity index (χ0v) is 12.3. The number of fused-ring (bicyclic) bond motifs is 1. The molecule has 0 aliphatic rings. The van der Waals surface area contributed by atoms with Crippen LogP contribution in [0.3, 0.4) is 0 Å². The van der Waals surface area contributed by atoms with Gasteiger partial charge < -0.3 is 9.94 Å². The van der Waals surface area contributed by atoms with Gasteiger partial charge in [-0.25, -0.2) is 4.99 Å². The van der Waals surface area contributed by atoms with Crippen LogP contribution < -0.4 is 4.84 Å². The summed E-state index contributed by atoms with van der Waals surface area (Å²) in [5, 5.41) is 11.0. The second kappa shape index (κ2) is 6.08. The average molecular weight is 294 g/mol. The van der Waals surface area contributed by atoms with Crippen molar-refractivity contribution in [2.75, 3.05) is 12.9 Å². The van der Waals surface area contributed by atoms with Crippen LogP contribution in [0.25, 0.3) is 10.9 Å². The molecule has 0 fully saturated rings. The number of nitrogens with zero attached hydrogens (tertiary/aromatic N) is 2. The monoisotopic (exact) mass is 294 g/mol. The van der Waals surface area contributed by atoms with Crippen molar-refractivity contribution in [1.82, 2.24) is 4.73 Å². The van der Waals surface area contributed by atoms with Gasteiger partial charge in [0.05, 0.1) is 11.1 Å². The van der Waals surface area contributed by atoms with Gasteiger partial charge in [0.15, 0.2) is 4.32 Å². The third-order valence-corrected chi connectivity index (χ3v) is 3.70. The van der Waals surface area contributed by atoms with E-state index in [2.05, 4.69) is 4.99 Å². The highest BCUT2D eigenvalue weighted by atomic mass is 32.2. The van der Waals surface area contributed by atoms with Crippen LogP contribution in [-0.4, -0.2) is 33.2 Å². The molecule has 1 aromatic carbocycles. The molecule has 1 aromatic heterocycles. The number of rotatable bonds is 3. The molecule has 1 heterocycles. The van der Waals surface area contributed by atoms with E-state index in [1.54, 1.807) is 6.21 Å². The van der Waals surface area contributed by atoms with Crippen molar-refractivity contribution >= 4 is 45.4 Å². The molecule has 2 rings (SSSR count). The molecule has 0 aliphatic heterocycles. The van der Waals surface area contributed by atoms with Gasteiger partial charge in [-0.1, -0.05) is 49.1 Å². The van der Waals surface area contributed by atoms with E-state index in [0.29, 0.717) is 9.88 Å². The van der Waals surface area contributed by atoms with Gasteiger partial charge in [0.25, 0.3) is 0 Å². The molecule has 0 radical (unpaired) electrons. The van der Waals surface area contributed by atoms with Crippen LogP contribution in [0.5, 0.6) is 5.88 Å². The molecule has 100 valence electrons. The van der Waals surface area contributed by atoms with Crippen LogP contribution >= 0.6 is 24.0 Å². The minimum absolute atomic E-state index is 0.0248. The summed E-state index contributed by atoms with van der Waals surface area (Å²) in [6.07, 6.45) is 1.58. The van der Waals surface area contributed by atoms with Gasteiger partial charge in [-0.15, -0.1) is 4.73 Å². The van der Waals surface area contributed by atoms with Crippen molar-refractivity contribution in [3.05, 3.63) is 29.8 Å². The maximum absolute atomic E-state index is 10.2. The van der Waals surface area contributed by atoms with Gasteiger partial charge >= 0.3 is 0 Å². The van der Waals surface area contributed by atoms with Crippen molar-refractivity contribution in [1.29, 1.82) is 0 Å². The second-order valence-corrected chi connectivity index (χ2v) is 5.59. The van der Waals surface area contributed by atoms with E-state index in [9.17, 15) is 5.11 Å². The summed E-state index contributed by atoms with van der Waals surface area (Å²) in [4.78, 5) is 9.34. The van der Waals surface area contributed by atoms with Gasteiger partial charge in [0, 0.05) is 11.6 Å². The molecule has 0 unspecified atom stereocenters. The predicted molar refractivity (Wildman–Crippen MR) is 84.4 cm³/mol. The fraction of sp³-hybridized carbons (Fsp3) is 0.231. The smallest absolute Gasteiger partial charge is 0.235 e. The molecule has 0 bridgehead atoms. The molecule has 1 N–H and O–H groups in total. The molecular formula is C13H14N2O2S2. The highest BCUT2D eigenvalue weighted by Gasteiger charge is 2.15. The van der Waals surface area contributed by atoms with Gasteiger partial charge in [0.2, 0.25) is 5.88 Å². The van der Waals surface area contributed by atoms with Crippen LogP contribution in [0, 0.1) is 0 Å². The minimum Gasteiger partial charge on any atom is -0.492 e. The van der Waals surface area contributed by atoms with Crippen molar-refractivity contribution < 1.29 is 9.94 Å². The minimum atomic E-state index is 0.0248. The molecule has 0 atom stereocenters. The maximum atomic E-state index is 10.2. The summed E-state index contributed by atoms with van der Waals surface area (Å²) in [6, 6.07) is 7.56. The number of aromatic nitrogens is 1. The maximum Gasteiger partial charge on any atom is 0.235 e. The van der Waals surface area contributed by atoms with E-state index in [-0.39, 0.29) is 5.88 Å². The van der Waals surface area contributed by atoms with Crippen LogP contribution in [0.2, 0.25) is 0 Å². The molecule has 2 aromatic rings. The highest BCUT2D eigenvalue weighted by Crippen LogP contribution is 2.28. The lowest BCUT2D eigenvalue weighted by Crippen LogP contribution is -2.04. The normalized spacial score (nSPS) is 11.3. The molecule has 0 saturated carbocycles. The Kier molecular flexibility index (Phi) is 4.44. The Morgan fingerprint density at radius 3 is 2.95 bits per heavy atom. The fourth-order valence-corrected chi connectivity index (χ4v) is 2.59. The second-order valence-electron chi connectivity index (χ2n) is 3.69. The summed E-state index contributed by atoms with van der Waals surface area (Å²) >= 11 is 6.59. The highest BCUT2D eigenvalue weighted by molar-refractivity contribution is 8.23. The first-order valence-corrected chi connectivity index (χ1v) is 7.16. The lowest BCUT2D eigenvalue weighted by atomic mass is 10.2. The van der Waals surface area contributed by atoms with Crippen LogP contribution in [-0.2, 0) is 0 Å². The number of thioether (sulfide) groups is 1. The first kappa shape index (κ1) is 13.9. The first-order valence-electron chi connectivity index (χ1n) is 5.76. The largest absolute Gasteiger partial charge is 0.492 e. The number of para-hydroxylation sites is 1. The Hall–Kier alpha value is -1.53. The molecular weight excluding hydrogens is 280 g/mol. The molecule has 0 spiro atoms. The molecule has 19 heavy (non-hydrogen) atoms. The molecule has 0 aliphatic carbocycles. The van der Waals surface area contributed by atoms with E-state index < -0.39 is 0 Å². The topological polar surface area (TPSA) is 46.8 Å². The van der Waals surface area contributed by atoms with E-state index in [1.165, 1.54) is 23.6 Å². The average Bonchev–Trinajstić information content (AvgIpc) is 2.68. The van der Waals surface area contributed by atoms with Gasteiger partial charge in [-0.2, -0.15) is 0 Å². The SMILES string of the molecule is CCSC(=S)/N=C/c1c(O)n(OC)c2ccccc12. The zero-order chi connectivity index (χ0) is 13.8. The van der Waals surface area contributed by atoms with Gasteiger partial charge in [-0.3, -0.25) is 0 Å². The number of hydrogen-bond acceptors (Lipinski definition) is 4. The Morgan fingerprint density at radius 1 is 1.53 bits per heavy atom. The lowest BCUT2D eigenvalue weighted by Gasteiger charge is -2.02. The van der Waals surface area contributed by atoms with E-state index in [4.69, 9.17) is 17.1 Å². The van der Waals surface area contributed by atoms with Gasteiger partial charge in [0.1, 0.15) is 7.11 Å². The number of aromatic hydroxyl groups is 1. The first-order chi connectivity index (χ1) is 9.19. The van der Waals surface area contributed by atoms with Crippen molar-refractivity contribution in [2.45, 2.75) is 6.92 Å². The number of benzene rings is 1. The standard InChI is InChI=1S/C13H14N2O2S2/c1-3-19-13(18)14-8-10-9-6-4-5-7-11(9)15(17-2)12(10)16/h4-8,16H,3H2,1-2H3/b14-8+. The summed E-state index contributed by atoms with van der Waals surface area (Å²) < 4.78 is 1.92. The third kappa shape index (κ3) is 2.74. The summed E-state index contributed by atoms with van der Waals surface area (Å²) in [5.74, 6) is 0.902. The number of thiocarbonyl (C=S) groups is 1. The third-order valence-electron chi connectivity index (χ3n) is 2.60. The fourth-order valence-electron chi connectivity index (χ4n) is 1.81. The summed E-state index contributed by atoms with van der Waals surface area (Å²) in [7, 11) is 1.50. The number of aliphatic imine (C=N–C) groups is 1. The van der Waals surface area contributed by atoms with Crippen LogP contribution in [0.15, 0.2) is 29.3 Å². The number of hydrogen-bond donors (Lipinski definition) is 1.